The van der Waals surface area contributed by atoms with Crippen LogP contribution in [0.15, 0.2) is 18.2 Å². The zero-order chi connectivity index (χ0) is 14.7. The summed E-state index contributed by atoms with van der Waals surface area (Å²) >= 11 is 0. The summed E-state index contributed by atoms with van der Waals surface area (Å²) in [5, 5.41) is 0. The van der Waals surface area contributed by atoms with Crippen LogP contribution in [0.3, 0.4) is 0 Å². The van der Waals surface area contributed by atoms with Crippen molar-refractivity contribution >= 4 is 11.9 Å². The van der Waals surface area contributed by atoms with Gasteiger partial charge in [-0.1, -0.05) is 0 Å². The predicted molar refractivity (Wildman–Crippen MR) is 66.8 cm³/mol. The van der Waals surface area contributed by atoms with E-state index in [9.17, 15) is 14.0 Å². The van der Waals surface area contributed by atoms with Gasteiger partial charge in [0.1, 0.15) is 11.6 Å². The largest absolute Gasteiger partial charge is 0.493 e. The van der Waals surface area contributed by atoms with E-state index in [1.165, 1.54) is 32.4 Å². The van der Waals surface area contributed by atoms with Gasteiger partial charge in [0.25, 0.3) is 0 Å². The first-order valence-corrected chi connectivity index (χ1v) is 6.14. The molecule has 1 aliphatic heterocycles. The third-order valence-electron chi connectivity index (χ3n) is 3.34. The lowest BCUT2D eigenvalue weighted by Crippen LogP contribution is -2.28. The maximum atomic E-state index is 13.3. The van der Waals surface area contributed by atoms with Crippen LogP contribution in [0.2, 0.25) is 0 Å². The second-order valence-electron chi connectivity index (χ2n) is 4.52. The molecule has 5 nitrogen and oxygen atoms in total. The number of benzene rings is 1. The molecule has 0 radical (unpaired) electrons. The van der Waals surface area contributed by atoms with Crippen LogP contribution in [0, 0.1) is 11.7 Å². The molecule has 1 aromatic rings. The molecular weight excluding hydrogens is 267 g/mol. The Kier molecular flexibility index (Phi) is 4.22. The molecule has 0 amide bonds. The second-order valence-corrected chi connectivity index (χ2v) is 4.52. The molecule has 1 heterocycles. The molecule has 1 aromatic carbocycles. The molecule has 0 saturated heterocycles. The molecule has 1 atom stereocenters. The van der Waals surface area contributed by atoms with Gasteiger partial charge in [-0.2, -0.15) is 0 Å². The van der Waals surface area contributed by atoms with Crippen molar-refractivity contribution < 1.29 is 28.2 Å². The summed E-state index contributed by atoms with van der Waals surface area (Å²) in [6, 6.07) is 4.20. The number of halogens is 1. The van der Waals surface area contributed by atoms with Gasteiger partial charge in [0, 0.05) is 11.5 Å². The van der Waals surface area contributed by atoms with Gasteiger partial charge in [-0.25, -0.2) is 4.39 Å². The standard InChI is InChI=1S/C14H15FO5/c1-18-13(16)11(14(17)19-2)5-8-7-20-12-4-3-9(15)6-10(8)12/h3-4,6,8,11H,5,7H2,1-2H3. The fourth-order valence-electron chi connectivity index (χ4n) is 2.30. The Balaban J connectivity index is 2.19. The second kappa shape index (κ2) is 5.90. The van der Waals surface area contributed by atoms with Gasteiger partial charge in [-0.05, 0) is 24.6 Å². The van der Waals surface area contributed by atoms with E-state index in [4.69, 9.17) is 4.74 Å². The Bertz CT molecular complexity index is 512. The lowest BCUT2D eigenvalue weighted by atomic mass is 9.90. The Morgan fingerprint density at radius 2 is 2.00 bits per heavy atom. The number of carbonyl (C=O) groups excluding carboxylic acids is 2. The zero-order valence-corrected chi connectivity index (χ0v) is 11.2. The van der Waals surface area contributed by atoms with Crippen LogP contribution in [0.4, 0.5) is 4.39 Å². The molecule has 0 bridgehead atoms. The SMILES string of the molecule is COC(=O)C(CC1COc2ccc(F)cc21)C(=O)OC. The van der Waals surface area contributed by atoms with E-state index in [2.05, 4.69) is 9.47 Å². The zero-order valence-electron chi connectivity index (χ0n) is 11.2. The highest BCUT2D eigenvalue weighted by molar-refractivity contribution is 5.94. The van der Waals surface area contributed by atoms with Crippen molar-refractivity contribution in [2.75, 3.05) is 20.8 Å². The molecule has 20 heavy (non-hydrogen) atoms. The summed E-state index contributed by atoms with van der Waals surface area (Å²) in [6.07, 6.45) is 0.163. The molecule has 0 saturated carbocycles. The number of hydrogen-bond donors (Lipinski definition) is 0. The average Bonchev–Trinajstić information content (AvgIpc) is 2.85. The number of hydrogen-bond acceptors (Lipinski definition) is 5. The summed E-state index contributed by atoms with van der Waals surface area (Å²) in [5.41, 5.74) is 0.655. The summed E-state index contributed by atoms with van der Waals surface area (Å²) in [4.78, 5) is 23.3. The van der Waals surface area contributed by atoms with Gasteiger partial charge in [0.15, 0.2) is 5.92 Å². The number of fused-ring (bicyclic) bond motifs is 1. The van der Waals surface area contributed by atoms with Crippen LogP contribution < -0.4 is 4.74 Å². The van der Waals surface area contributed by atoms with Gasteiger partial charge < -0.3 is 14.2 Å². The minimum absolute atomic E-state index is 0.163. The number of rotatable bonds is 4. The fraction of sp³-hybridized carbons (Fsp3) is 0.429. The smallest absolute Gasteiger partial charge is 0.320 e. The van der Waals surface area contributed by atoms with Gasteiger partial charge in [-0.3, -0.25) is 9.59 Å². The van der Waals surface area contributed by atoms with Crippen LogP contribution in [0.1, 0.15) is 17.9 Å². The van der Waals surface area contributed by atoms with Crippen LogP contribution in [-0.2, 0) is 19.1 Å². The fourth-order valence-corrected chi connectivity index (χ4v) is 2.30. The monoisotopic (exact) mass is 282 g/mol. The van der Waals surface area contributed by atoms with E-state index >= 15 is 0 Å². The van der Waals surface area contributed by atoms with E-state index < -0.39 is 17.9 Å². The van der Waals surface area contributed by atoms with Crippen molar-refractivity contribution in [2.45, 2.75) is 12.3 Å². The Labute approximate surface area is 115 Å². The Morgan fingerprint density at radius 3 is 2.60 bits per heavy atom. The Morgan fingerprint density at radius 1 is 1.35 bits per heavy atom. The highest BCUT2D eigenvalue weighted by atomic mass is 19.1. The first-order chi connectivity index (χ1) is 9.56. The topological polar surface area (TPSA) is 61.8 Å². The average molecular weight is 282 g/mol. The van der Waals surface area contributed by atoms with Gasteiger partial charge in [-0.15, -0.1) is 0 Å². The number of ether oxygens (including phenoxy) is 3. The van der Waals surface area contributed by atoms with Crippen molar-refractivity contribution in [3.8, 4) is 5.75 Å². The van der Waals surface area contributed by atoms with Crippen LogP contribution in [0.25, 0.3) is 0 Å². The summed E-state index contributed by atoms with van der Waals surface area (Å²) in [6.45, 7) is 0.295. The molecule has 2 rings (SSSR count). The minimum Gasteiger partial charge on any atom is -0.493 e. The van der Waals surface area contributed by atoms with Gasteiger partial charge in [0.2, 0.25) is 0 Å². The first kappa shape index (κ1) is 14.3. The van der Waals surface area contributed by atoms with Crippen molar-refractivity contribution in [3.05, 3.63) is 29.6 Å². The Hall–Kier alpha value is -2.11. The van der Waals surface area contributed by atoms with E-state index in [1.807, 2.05) is 0 Å². The molecule has 1 aliphatic rings. The summed E-state index contributed by atoms with van der Waals surface area (Å²) < 4.78 is 27.9. The summed E-state index contributed by atoms with van der Waals surface area (Å²) in [7, 11) is 2.41. The molecule has 0 aliphatic carbocycles. The van der Waals surface area contributed by atoms with E-state index in [0.29, 0.717) is 17.9 Å². The van der Waals surface area contributed by atoms with Crippen molar-refractivity contribution in [3.63, 3.8) is 0 Å². The van der Waals surface area contributed by atoms with Crippen LogP contribution >= 0.6 is 0 Å². The van der Waals surface area contributed by atoms with Crippen molar-refractivity contribution in [1.29, 1.82) is 0 Å². The normalized spacial score (nSPS) is 16.5. The van der Waals surface area contributed by atoms with Crippen molar-refractivity contribution in [1.82, 2.24) is 0 Å². The van der Waals surface area contributed by atoms with Crippen LogP contribution in [-0.4, -0.2) is 32.8 Å². The molecule has 0 N–H and O–H groups in total. The van der Waals surface area contributed by atoms with E-state index in [1.54, 1.807) is 0 Å². The highest BCUT2D eigenvalue weighted by Gasteiger charge is 2.35. The lowest BCUT2D eigenvalue weighted by molar-refractivity contribution is -0.159. The van der Waals surface area contributed by atoms with E-state index in [0.717, 1.165) is 0 Å². The molecule has 108 valence electrons. The molecule has 0 fully saturated rings. The number of methoxy groups -OCH3 is 2. The maximum Gasteiger partial charge on any atom is 0.320 e. The van der Waals surface area contributed by atoms with Crippen LogP contribution in [0.5, 0.6) is 5.75 Å². The van der Waals surface area contributed by atoms with E-state index in [-0.39, 0.29) is 18.2 Å². The van der Waals surface area contributed by atoms with Gasteiger partial charge in [0.05, 0.1) is 20.8 Å². The van der Waals surface area contributed by atoms with Crippen molar-refractivity contribution in [2.24, 2.45) is 5.92 Å². The summed E-state index contributed by atoms with van der Waals surface area (Å²) in [5.74, 6) is -2.42. The molecule has 0 spiro atoms. The number of carbonyl (C=O) groups is 2. The molecule has 0 aromatic heterocycles. The maximum absolute atomic E-state index is 13.3. The third kappa shape index (κ3) is 2.74. The first-order valence-electron chi connectivity index (χ1n) is 6.14. The predicted octanol–water partition coefficient (Wildman–Crippen LogP) is 1.65. The molecule has 6 heteroatoms. The third-order valence-corrected chi connectivity index (χ3v) is 3.34. The highest BCUT2D eigenvalue weighted by Crippen LogP contribution is 2.38. The minimum atomic E-state index is -1.03. The number of esters is 2. The quantitative estimate of drug-likeness (QED) is 0.621. The molecular formula is C14H15FO5. The van der Waals surface area contributed by atoms with Gasteiger partial charge >= 0.3 is 11.9 Å². The molecule has 1 unspecified atom stereocenters. The lowest BCUT2D eigenvalue weighted by Gasteiger charge is -2.16.